The first kappa shape index (κ1) is 16.5. The van der Waals surface area contributed by atoms with Gasteiger partial charge in [-0.15, -0.1) is 0 Å². The first-order chi connectivity index (χ1) is 12.6. The number of hydrogen-bond acceptors (Lipinski definition) is 3. The van der Waals surface area contributed by atoms with Crippen molar-refractivity contribution in [1.82, 2.24) is 14.5 Å². The monoisotopic (exact) mass is 346 g/mol. The third-order valence-electron chi connectivity index (χ3n) is 5.03. The molecule has 0 bridgehead atoms. The maximum Gasteiger partial charge on any atom is 0.248 e. The van der Waals surface area contributed by atoms with Gasteiger partial charge < -0.3 is 15.2 Å². The average Bonchev–Trinajstić information content (AvgIpc) is 3.01. The Bertz CT molecular complexity index is 988. The number of carbonyl (C=O) groups excluding carboxylic acids is 1. The lowest BCUT2D eigenvalue weighted by Gasteiger charge is -2.21. The van der Waals surface area contributed by atoms with Gasteiger partial charge in [0.25, 0.3) is 0 Å². The molecule has 1 aliphatic heterocycles. The molecule has 0 saturated heterocycles. The second kappa shape index (κ2) is 6.77. The Morgan fingerprint density at radius 2 is 2.04 bits per heavy atom. The number of aromatic nitrogens is 2. The van der Waals surface area contributed by atoms with Crippen molar-refractivity contribution in [3.63, 3.8) is 0 Å². The Kier molecular flexibility index (Phi) is 4.31. The van der Waals surface area contributed by atoms with Crippen LogP contribution in [0.25, 0.3) is 16.5 Å². The smallest absolute Gasteiger partial charge is 0.248 e. The van der Waals surface area contributed by atoms with E-state index in [2.05, 4.69) is 33.8 Å². The quantitative estimate of drug-likeness (QED) is 0.790. The SMILES string of the molecule is CN1CC=C(c2cn(Cc3ccncc3)c3ccc(C(N)=O)cc23)CC1. The van der Waals surface area contributed by atoms with Crippen molar-refractivity contribution in [1.29, 1.82) is 0 Å². The first-order valence-electron chi connectivity index (χ1n) is 8.81. The highest BCUT2D eigenvalue weighted by Gasteiger charge is 2.17. The summed E-state index contributed by atoms with van der Waals surface area (Å²) in [6.45, 7) is 2.75. The predicted octanol–water partition coefficient (Wildman–Crippen LogP) is 2.90. The zero-order chi connectivity index (χ0) is 18.1. The molecule has 26 heavy (non-hydrogen) atoms. The van der Waals surface area contributed by atoms with Crippen LogP contribution in [0.1, 0.15) is 27.9 Å². The number of amides is 1. The van der Waals surface area contributed by atoms with Crippen LogP contribution in [-0.4, -0.2) is 40.5 Å². The molecule has 2 N–H and O–H groups in total. The number of hydrogen-bond donors (Lipinski definition) is 1. The molecule has 0 atom stereocenters. The first-order valence-corrected chi connectivity index (χ1v) is 8.81. The van der Waals surface area contributed by atoms with E-state index < -0.39 is 5.91 Å². The van der Waals surface area contributed by atoms with E-state index in [9.17, 15) is 4.79 Å². The van der Waals surface area contributed by atoms with Crippen molar-refractivity contribution >= 4 is 22.4 Å². The number of pyridine rings is 1. The zero-order valence-electron chi connectivity index (χ0n) is 14.9. The fourth-order valence-corrected chi connectivity index (χ4v) is 3.54. The summed E-state index contributed by atoms with van der Waals surface area (Å²) in [6, 6.07) is 9.78. The minimum absolute atomic E-state index is 0.392. The summed E-state index contributed by atoms with van der Waals surface area (Å²) in [5, 5.41) is 1.09. The molecule has 5 heteroatoms. The van der Waals surface area contributed by atoms with Crippen molar-refractivity contribution in [2.75, 3.05) is 20.1 Å². The standard InChI is InChI=1S/C21H22N4O/c1-24-10-6-16(7-11-24)19-14-25(13-15-4-8-23-9-5-15)20-3-2-17(21(22)26)12-18(19)20/h2-6,8-9,12,14H,7,10-11,13H2,1H3,(H2,22,26). The van der Waals surface area contributed by atoms with Crippen LogP contribution in [0.4, 0.5) is 0 Å². The lowest BCUT2D eigenvalue weighted by molar-refractivity contribution is 0.100. The molecule has 3 heterocycles. The number of likely N-dealkylation sites (N-methyl/N-ethyl adjacent to an activating group) is 1. The van der Waals surface area contributed by atoms with Gasteiger partial charge in [-0.25, -0.2) is 0 Å². The number of rotatable bonds is 4. The predicted molar refractivity (Wildman–Crippen MR) is 104 cm³/mol. The molecule has 0 saturated carbocycles. The van der Waals surface area contributed by atoms with Crippen LogP contribution in [0, 0.1) is 0 Å². The molecule has 0 aliphatic carbocycles. The summed E-state index contributed by atoms with van der Waals surface area (Å²) in [4.78, 5) is 18.1. The Labute approximate surface area is 152 Å². The molecular weight excluding hydrogens is 324 g/mol. The molecule has 1 aliphatic rings. The van der Waals surface area contributed by atoms with Gasteiger partial charge in [0.2, 0.25) is 5.91 Å². The third kappa shape index (κ3) is 3.13. The molecule has 132 valence electrons. The number of fused-ring (bicyclic) bond motifs is 1. The van der Waals surface area contributed by atoms with E-state index in [1.165, 1.54) is 16.7 Å². The van der Waals surface area contributed by atoms with Crippen molar-refractivity contribution in [2.45, 2.75) is 13.0 Å². The lowest BCUT2D eigenvalue weighted by atomic mass is 9.98. The van der Waals surface area contributed by atoms with Crippen LogP contribution in [0.15, 0.2) is 55.0 Å². The number of nitrogens with two attached hydrogens (primary N) is 1. The van der Waals surface area contributed by atoms with Crippen molar-refractivity contribution in [2.24, 2.45) is 5.73 Å². The highest BCUT2D eigenvalue weighted by molar-refractivity contribution is 6.00. The number of nitrogens with zero attached hydrogens (tertiary/aromatic N) is 3. The summed E-state index contributed by atoms with van der Waals surface area (Å²) in [5.74, 6) is -0.392. The van der Waals surface area contributed by atoms with E-state index in [4.69, 9.17) is 5.73 Å². The van der Waals surface area contributed by atoms with Gasteiger partial charge in [-0.3, -0.25) is 9.78 Å². The molecule has 0 spiro atoms. The van der Waals surface area contributed by atoms with E-state index in [1.54, 1.807) is 6.07 Å². The molecule has 1 aromatic carbocycles. The summed E-state index contributed by atoms with van der Waals surface area (Å²) >= 11 is 0. The molecular formula is C21H22N4O. The minimum atomic E-state index is -0.392. The van der Waals surface area contributed by atoms with Gasteiger partial charge in [-0.05, 0) is 54.9 Å². The number of primary amides is 1. The van der Waals surface area contributed by atoms with Gasteiger partial charge in [-0.1, -0.05) is 6.08 Å². The third-order valence-corrected chi connectivity index (χ3v) is 5.03. The topological polar surface area (TPSA) is 64.2 Å². The maximum atomic E-state index is 11.7. The van der Waals surface area contributed by atoms with Gasteiger partial charge in [0.05, 0.1) is 0 Å². The molecule has 4 rings (SSSR count). The van der Waals surface area contributed by atoms with E-state index in [1.807, 2.05) is 36.7 Å². The number of benzene rings is 1. The normalized spacial score (nSPS) is 15.2. The highest BCUT2D eigenvalue weighted by Crippen LogP contribution is 2.32. The van der Waals surface area contributed by atoms with Gasteiger partial charge in [0.15, 0.2) is 0 Å². The lowest BCUT2D eigenvalue weighted by Crippen LogP contribution is -2.23. The van der Waals surface area contributed by atoms with Crippen LogP contribution in [0.2, 0.25) is 0 Å². The fraction of sp³-hybridized carbons (Fsp3) is 0.238. The van der Waals surface area contributed by atoms with Crippen LogP contribution in [0.3, 0.4) is 0 Å². The maximum absolute atomic E-state index is 11.7. The largest absolute Gasteiger partial charge is 0.366 e. The summed E-state index contributed by atoms with van der Waals surface area (Å²) in [6.07, 6.45) is 9.12. The molecule has 3 aromatic rings. The minimum Gasteiger partial charge on any atom is -0.366 e. The Morgan fingerprint density at radius 3 is 2.73 bits per heavy atom. The van der Waals surface area contributed by atoms with E-state index >= 15 is 0 Å². The highest BCUT2D eigenvalue weighted by atomic mass is 16.1. The van der Waals surface area contributed by atoms with Crippen molar-refractivity contribution in [3.05, 3.63) is 71.7 Å². The van der Waals surface area contributed by atoms with Gasteiger partial charge in [0.1, 0.15) is 0 Å². The molecule has 0 fully saturated rings. The fourth-order valence-electron chi connectivity index (χ4n) is 3.54. The molecule has 1 amide bonds. The molecule has 5 nitrogen and oxygen atoms in total. The van der Waals surface area contributed by atoms with Crippen LogP contribution in [-0.2, 0) is 6.54 Å². The summed E-state index contributed by atoms with van der Waals surface area (Å²) in [7, 11) is 2.13. The average molecular weight is 346 g/mol. The van der Waals surface area contributed by atoms with E-state index in [0.717, 1.165) is 37.0 Å². The van der Waals surface area contributed by atoms with Gasteiger partial charge >= 0.3 is 0 Å². The zero-order valence-corrected chi connectivity index (χ0v) is 14.9. The van der Waals surface area contributed by atoms with Crippen molar-refractivity contribution < 1.29 is 4.79 Å². The molecule has 2 aromatic heterocycles. The van der Waals surface area contributed by atoms with E-state index in [-0.39, 0.29) is 0 Å². The van der Waals surface area contributed by atoms with Crippen LogP contribution < -0.4 is 5.73 Å². The summed E-state index contributed by atoms with van der Waals surface area (Å²) < 4.78 is 2.24. The number of carbonyl (C=O) groups is 1. The second-order valence-electron chi connectivity index (χ2n) is 6.86. The van der Waals surface area contributed by atoms with Crippen LogP contribution >= 0.6 is 0 Å². The molecule has 0 radical (unpaired) electrons. The van der Waals surface area contributed by atoms with Gasteiger partial charge in [0, 0.05) is 60.3 Å². The Balaban J connectivity index is 1.84. The Hall–Kier alpha value is -2.92. The Morgan fingerprint density at radius 1 is 1.23 bits per heavy atom. The van der Waals surface area contributed by atoms with Gasteiger partial charge in [-0.2, -0.15) is 0 Å². The second-order valence-corrected chi connectivity index (χ2v) is 6.86. The van der Waals surface area contributed by atoms with Crippen LogP contribution in [0.5, 0.6) is 0 Å². The van der Waals surface area contributed by atoms with Crippen molar-refractivity contribution in [3.8, 4) is 0 Å². The summed E-state index contributed by atoms with van der Waals surface area (Å²) in [5.41, 5.74) is 10.9. The van der Waals surface area contributed by atoms with E-state index in [0.29, 0.717) is 5.56 Å². The molecule has 0 unspecified atom stereocenters.